The van der Waals surface area contributed by atoms with E-state index in [1.54, 1.807) is 0 Å². The summed E-state index contributed by atoms with van der Waals surface area (Å²) in [7, 11) is 0. The summed E-state index contributed by atoms with van der Waals surface area (Å²) < 4.78 is 5.79. The van der Waals surface area contributed by atoms with Gasteiger partial charge in [-0.05, 0) is 31.0 Å². The van der Waals surface area contributed by atoms with Crippen LogP contribution in [0.4, 0.5) is 0 Å². The van der Waals surface area contributed by atoms with E-state index in [-0.39, 0.29) is 5.88 Å². The zero-order valence-electron chi connectivity index (χ0n) is 12.1. The number of aryl methyl sites for hydroxylation is 1. The van der Waals surface area contributed by atoms with Gasteiger partial charge in [0.1, 0.15) is 6.33 Å². The number of nitrogens with zero attached hydrogens (tertiary/aromatic N) is 3. The van der Waals surface area contributed by atoms with Crippen molar-refractivity contribution in [3.05, 3.63) is 64.2 Å². The lowest BCUT2D eigenvalue weighted by Crippen LogP contribution is -2.14. The molecule has 1 N–H and O–H groups in total. The van der Waals surface area contributed by atoms with E-state index in [1.807, 2.05) is 30.3 Å². The van der Waals surface area contributed by atoms with Crippen LogP contribution < -0.4 is 5.76 Å². The van der Waals surface area contributed by atoms with Gasteiger partial charge in [-0.15, -0.1) is 0 Å². The van der Waals surface area contributed by atoms with Gasteiger partial charge in [-0.3, -0.25) is 0 Å². The molecule has 0 aliphatic rings. The van der Waals surface area contributed by atoms with Crippen molar-refractivity contribution in [1.82, 2.24) is 14.5 Å². The topological polar surface area (TPSA) is 81.1 Å². The first kappa shape index (κ1) is 15.3. The molecule has 118 valence electrons. The third-order valence-corrected chi connectivity index (χ3v) is 3.69. The van der Waals surface area contributed by atoms with Gasteiger partial charge in [0.2, 0.25) is 5.88 Å². The molecular weight excluding hydrogens is 318 g/mol. The molecule has 0 amide bonds. The van der Waals surface area contributed by atoms with Crippen LogP contribution in [0.15, 0.2) is 52.1 Å². The highest BCUT2D eigenvalue weighted by Crippen LogP contribution is 2.20. The SMILES string of the molecule is O=c1occ(O)n1CCCc1cc(-c2ccc(Cl)cc2)ncn1. The van der Waals surface area contributed by atoms with Crippen molar-refractivity contribution in [2.45, 2.75) is 19.4 Å². The van der Waals surface area contributed by atoms with E-state index in [0.717, 1.165) is 23.2 Å². The van der Waals surface area contributed by atoms with Gasteiger partial charge in [-0.2, -0.15) is 0 Å². The molecule has 6 nitrogen and oxygen atoms in total. The molecule has 0 saturated carbocycles. The third-order valence-electron chi connectivity index (χ3n) is 3.44. The number of oxazole rings is 1. The van der Waals surface area contributed by atoms with E-state index < -0.39 is 5.76 Å². The monoisotopic (exact) mass is 331 g/mol. The molecule has 0 atom stereocenters. The standard InChI is InChI=1S/C16H14ClN3O3/c17-12-5-3-11(4-6-12)14-8-13(18-10-19-14)2-1-7-20-15(21)9-23-16(20)22/h3-6,8-10,21H,1-2,7H2. The highest BCUT2D eigenvalue weighted by atomic mass is 35.5. The van der Waals surface area contributed by atoms with E-state index in [1.165, 1.54) is 10.9 Å². The van der Waals surface area contributed by atoms with Gasteiger partial charge in [0.05, 0.1) is 5.69 Å². The summed E-state index contributed by atoms with van der Waals surface area (Å²) in [4.78, 5) is 19.8. The van der Waals surface area contributed by atoms with Crippen LogP contribution in [0.3, 0.4) is 0 Å². The molecule has 7 heteroatoms. The van der Waals surface area contributed by atoms with Gasteiger partial charge in [0.15, 0.2) is 6.26 Å². The van der Waals surface area contributed by atoms with Crippen LogP contribution in [0, 0.1) is 0 Å². The van der Waals surface area contributed by atoms with Crippen LogP contribution in [0.1, 0.15) is 12.1 Å². The Kier molecular flexibility index (Phi) is 4.43. The van der Waals surface area contributed by atoms with Crippen LogP contribution in [0.25, 0.3) is 11.3 Å². The molecule has 0 bridgehead atoms. The summed E-state index contributed by atoms with van der Waals surface area (Å²) in [5.74, 6) is -0.730. The number of hydrogen-bond donors (Lipinski definition) is 1. The first-order valence-corrected chi connectivity index (χ1v) is 7.45. The Morgan fingerprint density at radius 2 is 2.00 bits per heavy atom. The molecule has 0 aliphatic heterocycles. The fourth-order valence-corrected chi connectivity index (χ4v) is 2.39. The zero-order chi connectivity index (χ0) is 16.2. The summed E-state index contributed by atoms with van der Waals surface area (Å²) >= 11 is 5.88. The Labute approximate surface area is 137 Å². The van der Waals surface area contributed by atoms with Gasteiger partial charge in [0, 0.05) is 22.8 Å². The molecule has 2 heterocycles. The minimum absolute atomic E-state index is 0.167. The van der Waals surface area contributed by atoms with E-state index in [4.69, 9.17) is 11.6 Å². The lowest BCUT2D eigenvalue weighted by molar-refractivity contribution is 0.408. The molecule has 3 rings (SSSR count). The molecule has 23 heavy (non-hydrogen) atoms. The smallest absolute Gasteiger partial charge is 0.421 e. The zero-order valence-corrected chi connectivity index (χ0v) is 12.9. The van der Waals surface area contributed by atoms with Crippen molar-refractivity contribution in [2.24, 2.45) is 0 Å². The molecule has 0 fully saturated rings. The largest absolute Gasteiger partial charge is 0.492 e. The van der Waals surface area contributed by atoms with Gasteiger partial charge < -0.3 is 9.52 Å². The van der Waals surface area contributed by atoms with Crippen molar-refractivity contribution in [3.63, 3.8) is 0 Å². The van der Waals surface area contributed by atoms with Crippen molar-refractivity contribution >= 4 is 11.6 Å². The van der Waals surface area contributed by atoms with Crippen molar-refractivity contribution < 1.29 is 9.52 Å². The minimum atomic E-state index is -0.563. The number of aromatic nitrogens is 3. The first-order chi connectivity index (χ1) is 11.1. The summed E-state index contributed by atoms with van der Waals surface area (Å²) in [6.07, 6.45) is 3.84. The first-order valence-electron chi connectivity index (χ1n) is 7.07. The Bertz CT molecular complexity index is 856. The molecule has 0 unspecified atom stereocenters. The molecule has 0 radical (unpaired) electrons. The Morgan fingerprint density at radius 3 is 2.70 bits per heavy atom. The van der Waals surface area contributed by atoms with Crippen LogP contribution in [-0.2, 0) is 13.0 Å². The second-order valence-electron chi connectivity index (χ2n) is 5.02. The number of benzene rings is 1. The van der Waals surface area contributed by atoms with Crippen LogP contribution in [0.2, 0.25) is 5.02 Å². The van der Waals surface area contributed by atoms with Crippen molar-refractivity contribution in [3.8, 4) is 17.1 Å². The maximum absolute atomic E-state index is 11.3. The maximum Gasteiger partial charge on any atom is 0.421 e. The quantitative estimate of drug-likeness (QED) is 0.777. The van der Waals surface area contributed by atoms with Crippen molar-refractivity contribution in [1.29, 1.82) is 0 Å². The third kappa shape index (κ3) is 3.60. The van der Waals surface area contributed by atoms with Gasteiger partial charge in [-0.1, -0.05) is 23.7 Å². The van der Waals surface area contributed by atoms with Gasteiger partial charge in [-0.25, -0.2) is 19.3 Å². The molecule has 2 aromatic heterocycles. The summed E-state index contributed by atoms with van der Waals surface area (Å²) in [6, 6.07) is 9.33. The van der Waals surface area contributed by atoms with E-state index in [9.17, 15) is 9.90 Å². The normalized spacial score (nSPS) is 10.8. The number of rotatable bonds is 5. The number of aromatic hydroxyl groups is 1. The van der Waals surface area contributed by atoms with E-state index >= 15 is 0 Å². The van der Waals surface area contributed by atoms with Crippen LogP contribution in [0.5, 0.6) is 5.88 Å². The molecule has 3 aromatic rings. The Balaban J connectivity index is 1.68. The molecule has 0 aliphatic carbocycles. The lowest BCUT2D eigenvalue weighted by Gasteiger charge is -2.05. The highest BCUT2D eigenvalue weighted by Gasteiger charge is 2.07. The highest BCUT2D eigenvalue weighted by molar-refractivity contribution is 6.30. The van der Waals surface area contributed by atoms with Gasteiger partial charge >= 0.3 is 5.76 Å². The predicted octanol–water partition coefficient (Wildman–Crippen LogP) is 2.89. The summed E-state index contributed by atoms with van der Waals surface area (Å²) in [6.45, 7) is 0.363. The number of hydrogen-bond acceptors (Lipinski definition) is 5. The maximum atomic E-state index is 11.3. The van der Waals surface area contributed by atoms with E-state index in [2.05, 4.69) is 14.4 Å². The van der Waals surface area contributed by atoms with E-state index in [0.29, 0.717) is 24.4 Å². The molecular formula is C16H14ClN3O3. The summed E-state index contributed by atoms with van der Waals surface area (Å²) in [5, 5.41) is 10.2. The average molecular weight is 332 g/mol. The second-order valence-corrected chi connectivity index (χ2v) is 5.45. The van der Waals surface area contributed by atoms with Crippen LogP contribution in [-0.4, -0.2) is 19.6 Å². The number of halogens is 1. The molecule has 1 aromatic carbocycles. The van der Waals surface area contributed by atoms with Crippen LogP contribution >= 0.6 is 11.6 Å². The Morgan fingerprint density at radius 1 is 1.22 bits per heavy atom. The fourth-order valence-electron chi connectivity index (χ4n) is 2.26. The molecule has 0 saturated heterocycles. The van der Waals surface area contributed by atoms with Crippen molar-refractivity contribution in [2.75, 3.05) is 0 Å². The average Bonchev–Trinajstić information content (AvgIpc) is 2.88. The predicted molar refractivity (Wildman–Crippen MR) is 85.4 cm³/mol. The minimum Gasteiger partial charge on any atom is -0.492 e. The fraction of sp³-hybridized carbons (Fsp3) is 0.188. The Hall–Kier alpha value is -2.60. The van der Waals surface area contributed by atoms with Gasteiger partial charge in [0.25, 0.3) is 0 Å². The molecule has 0 spiro atoms. The second kappa shape index (κ2) is 6.66. The summed E-state index contributed by atoms with van der Waals surface area (Å²) in [5.41, 5.74) is 2.64. The lowest BCUT2D eigenvalue weighted by atomic mass is 10.1.